The highest BCUT2D eigenvalue weighted by molar-refractivity contribution is 5.93. The molecule has 0 atom stereocenters. The second-order valence-corrected chi connectivity index (χ2v) is 10.2. The number of carbonyl (C=O) groups excluding carboxylic acids is 2. The molecule has 0 saturated heterocycles. The van der Waals surface area contributed by atoms with Gasteiger partial charge in [-0.2, -0.15) is 4.98 Å². The zero-order valence-corrected chi connectivity index (χ0v) is 26.9. The fourth-order valence-electron chi connectivity index (χ4n) is 4.85. The number of ether oxygens (including phenoxy) is 5. The van der Waals surface area contributed by atoms with Crippen LogP contribution >= 0.6 is 0 Å². The third-order valence-electron chi connectivity index (χ3n) is 7.26. The van der Waals surface area contributed by atoms with Gasteiger partial charge >= 0.3 is 12.1 Å². The molecule has 3 aromatic carbocycles. The number of amides is 1. The molecule has 12 heteroatoms. The van der Waals surface area contributed by atoms with Crippen molar-refractivity contribution in [3.05, 3.63) is 107 Å². The maximum atomic E-state index is 13.9. The lowest BCUT2D eigenvalue weighted by Crippen LogP contribution is -2.35. The molecule has 0 aliphatic carbocycles. The highest BCUT2D eigenvalue weighted by Gasteiger charge is 2.25. The van der Waals surface area contributed by atoms with Crippen molar-refractivity contribution in [1.82, 2.24) is 9.97 Å². The van der Waals surface area contributed by atoms with Gasteiger partial charge in [0, 0.05) is 17.7 Å². The Morgan fingerprint density at radius 1 is 0.915 bits per heavy atom. The number of carbonyl (C=O) groups is 2. The monoisotopic (exact) mass is 639 g/mol. The molecule has 0 bridgehead atoms. The van der Waals surface area contributed by atoms with Gasteiger partial charge in [-0.15, -0.1) is 0 Å². The Balaban J connectivity index is 1.67. The van der Waals surface area contributed by atoms with Gasteiger partial charge in [-0.1, -0.05) is 43.0 Å². The van der Waals surface area contributed by atoms with E-state index in [2.05, 4.69) is 16.5 Å². The van der Waals surface area contributed by atoms with Crippen LogP contribution in [0.2, 0.25) is 0 Å². The number of aromatic nitrogens is 2. The SMILES string of the molecule is C=C/C(CN(C(=O)Oc1ccc(C(=O)OCc2ccccc2)cc1)c1cc(OC)c(OC)c(OC)c1)=C(/C)c1c(C)nc(N)nc1N. The molecule has 0 aliphatic rings. The van der Waals surface area contributed by atoms with E-state index in [0.717, 1.165) is 5.56 Å². The molecule has 0 radical (unpaired) electrons. The van der Waals surface area contributed by atoms with Gasteiger partial charge in [-0.3, -0.25) is 4.90 Å². The lowest BCUT2D eigenvalue weighted by Gasteiger charge is -2.25. The summed E-state index contributed by atoms with van der Waals surface area (Å²) >= 11 is 0. The molecular formula is C35H37N5O7. The number of benzene rings is 3. The molecule has 1 heterocycles. The van der Waals surface area contributed by atoms with Gasteiger partial charge in [0.25, 0.3) is 0 Å². The molecular weight excluding hydrogens is 602 g/mol. The van der Waals surface area contributed by atoms with E-state index in [1.54, 1.807) is 25.1 Å². The van der Waals surface area contributed by atoms with Gasteiger partial charge in [0.1, 0.15) is 18.2 Å². The molecule has 0 fully saturated rings. The second kappa shape index (κ2) is 15.3. The van der Waals surface area contributed by atoms with E-state index >= 15 is 0 Å². The van der Waals surface area contributed by atoms with Gasteiger partial charge < -0.3 is 35.2 Å². The largest absolute Gasteiger partial charge is 0.493 e. The Labute approximate surface area is 273 Å². The summed E-state index contributed by atoms with van der Waals surface area (Å²) < 4.78 is 27.7. The van der Waals surface area contributed by atoms with Crippen molar-refractivity contribution in [2.45, 2.75) is 20.5 Å². The van der Waals surface area contributed by atoms with E-state index in [1.807, 2.05) is 37.3 Å². The van der Waals surface area contributed by atoms with Crippen LogP contribution in [-0.4, -0.2) is 49.9 Å². The van der Waals surface area contributed by atoms with Gasteiger partial charge in [0.2, 0.25) is 11.7 Å². The smallest absolute Gasteiger partial charge is 0.420 e. The number of nitrogens with zero attached hydrogens (tertiary/aromatic N) is 3. The summed E-state index contributed by atoms with van der Waals surface area (Å²) in [5, 5.41) is 0. The number of anilines is 3. The van der Waals surface area contributed by atoms with E-state index in [1.165, 1.54) is 50.5 Å². The Kier molecular flexibility index (Phi) is 11.0. The lowest BCUT2D eigenvalue weighted by molar-refractivity contribution is 0.0472. The summed E-state index contributed by atoms with van der Waals surface area (Å²) in [4.78, 5) is 36.2. The molecule has 1 amide bonds. The molecule has 0 spiro atoms. The van der Waals surface area contributed by atoms with E-state index in [4.69, 9.17) is 35.2 Å². The number of allylic oxidation sites excluding steroid dienone is 1. The highest BCUT2D eigenvalue weighted by atomic mass is 16.6. The molecule has 244 valence electrons. The quantitative estimate of drug-likeness (QED) is 0.138. The van der Waals surface area contributed by atoms with Crippen LogP contribution < -0.4 is 35.3 Å². The van der Waals surface area contributed by atoms with Crippen LogP contribution in [0.4, 0.5) is 22.2 Å². The molecule has 4 rings (SSSR count). The number of aryl methyl sites for hydroxylation is 1. The molecule has 4 N–H and O–H groups in total. The third kappa shape index (κ3) is 7.98. The third-order valence-corrected chi connectivity index (χ3v) is 7.26. The molecule has 1 aromatic heterocycles. The Morgan fingerprint density at radius 3 is 2.11 bits per heavy atom. The standard InChI is InChI=1S/C35H37N5O7/c1-7-24(21(2)30-22(3)38-34(37)39-32(30)36)19-40(26-17-28(43-4)31(45-6)29(18-26)44-5)35(42)47-27-15-13-25(14-16-27)33(41)46-20-23-11-9-8-10-12-23/h7-18H,1,19-20H2,2-6H3,(H4,36,37,38,39)/b24-21+. The van der Waals surface area contributed by atoms with Gasteiger partial charge in [0.15, 0.2) is 11.5 Å². The number of esters is 1. The maximum absolute atomic E-state index is 13.9. The maximum Gasteiger partial charge on any atom is 0.420 e. The highest BCUT2D eigenvalue weighted by Crippen LogP contribution is 2.41. The number of nitrogens with two attached hydrogens (primary N) is 2. The van der Waals surface area contributed by atoms with Crippen LogP contribution in [0.1, 0.15) is 34.1 Å². The van der Waals surface area contributed by atoms with Crippen LogP contribution in [0.15, 0.2) is 85.0 Å². The first-order chi connectivity index (χ1) is 22.6. The van der Waals surface area contributed by atoms with Crippen molar-refractivity contribution in [3.63, 3.8) is 0 Å². The van der Waals surface area contributed by atoms with Crippen LogP contribution in [-0.2, 0) is 11.3 Å². The molecule has 0 unspecified atom stereocenters. The molecule has 12 nitrogen and oxygen atoms in total. The predicted octanol–water partition coefficient (Wildman–Crippen LogP) is 6.00. The van der Waals surface area contributed by atoms with Crippen molar-refractivity contribution in [2.24, 2.45) is 0 Å². The Morgan fingerprint density at radius 2 is 1.55 bits per heavy atom. The number of nitrogen functional groups attached to an aromatic ring is 2. The normalized spacial score (nSPS) is 11.2. The average Bonchev–Trinajstić information content (AvgIpc) is 3.07. The Bertz CT molecular complexity index is 1740. The van der Waals surface area contributed by atoms with Gasteiger partial charge in [0.05, 0.1) is 44.8 Å². The van der Waals surface area contributed by atoms with Crippen LogP contribution in [0.25, 0.3) is 5.57 Å². The summed E-state index contributed by atoms with van der Waals surface area (Å²) in [5.41, 5.74) is 16.0. The minimum Gasteiger partial charge on any atom is -0.493 e. The molecule has 0 aliphatic heterocycles. The number of methoxy groups -OCH3 is 3. The van der Waals surface area contributed by atoms with Crippen molar-refractivity contribution in [2.75, 3.05) is 44.2 Å². The molecule has 47 heavy (non-hydrogen) atoms. The van der Waals surface area contributed by atoms with Crippen molar-refractivity contribution in [3.8, 4) is 23.0 Å². The fraction of sp³-hybridized carbons (Fsp3) is 0.200. The zero-order chi connectivity index (χ0) is 34.1. The first-order valence-electron chi connectivity index (χ1n) is 14.4. The Hall–Kier alpha value is -6.04. The van der Waals surface area contributed by atoms with Crippen LogP contribution in [0.5, 0.6) is 23.0 Å². The summed E-state index contributed by atoms with van der Waals surface area (Å²) in [7, 11) is 4.43. The van der Waals surface area contributed by atoms with E-state index in [0.29, 0.717) is 50.9 Å². The fourth-order valence-corrected chi connectivity index (χ4v) is 4.85. The first kappa shape index (κ1) is 33.8. The molecule has 4 aromatic rings. The van der Waals surface area contributed by atoms with E-state index in [9.17, 15) is 9.59 Å². The number of hydrogen-bond acceptors (Lipinski definition) is 11. The lowest BCUT2D eigenvalue weighted by atomic mass is 10.00. The average molecular weight is 640 g/mol. The summed E-state index contributed by atoms with van der Waals surface area (Å²) in [5.74, 6) is 0.922. The summed E-state index contributed by atoms with van der Waals surface area (Å²) in [6, 6.07) is 18.6. The number of hydrogen-bond donors (Lipinski definition) is 2. The van der Waals surface area contributed by atoms with Gasteiger partial charge in [-0.25, -0.2) is 14.6 Å². The predicted molar refractivity (Wildman–Crippen MR) is 180 cm³/mol. The minimum absolute atomic E-state index is 0.0139. The topological polar surface area (TPSA) is 161 Å². The summed E-state index contributed by atoms with van der Waals surface area (Å²) in [6.07, 6.45) is 0.864. The van der Waals surface area contributed by atoms with Crippen molar-refractivity contribution in [1.29, 1.82) is 0 Å². The van der Waals surface area contributed by atoms with Gasteiger partial charge in [-0.05, 0) is 54.8 Å². The van der Waals surface area contributed by atoms with Crippen molar-refractivity contribution < 1.29 is 33.3 Å². The van der Waals surface area contributed by atoms with Crippen LogP contribution in [0.3, 0.4) is 0 Å². The minimum atomic E-state index is -0.746. The molecule has 0 saturated carbocycles. The summed E-state index contributed by atoms with van der Waals surface area (Å²) in [6.45, 7) is 7.68. The van der Waals surface area contributed by atoms with E-state index < -0.39 is 12.1 Å². The first-order valence-corrected chi connectivity index (χ1v) is 14.4. The zero-order valence-electron chi connectivity index (χ0n) is 26.9. The second-order valence-electron chi connectivity index (χ2n) is 10.2. The van der Waals surface area contributed by atoms with Crippen LogP contribution in [0, 0.1) is 6.92 Å². The van der Waals surface area contributed by atoms with E-state index in [-0.39, 0.29) is 30.7 Å². The van der Waals surface area contributed by atoms with Crippen molar-refractivity contribution >= 4 is 35.1 Å². The number of rotatable bonds is 12.